The smallest absolute Gasteiger partial charge is 0.123 e. The van der Waals surface area contributed by atoms with E-state index in [1.807, 2.05) is 18.2 Å². The zero-order valence-corrected chi connectivity index (χ0v) is 11.3. The van der Waals surface area contributed by atoms with Crippen LogP contribution in [0.25, 0.3) is 0 Å². The molecule has 0 radical (unpaired) electrons. The van der Waals surface area contributed by atoms with Gasteiger partial charge in [0.2, 0.25) is 0 Å². The minimum Gasteiger partial charge on any atom is -0.508 e. The maximum Gasteiger partial charge on any atom is 0.123 e. The average molecular weight is 271 g/mol. The SMILES string of the molecule is Oc1ccc2c(c1)CCC2NCCc1cccc(F)c1. The van der Waals surface area contributed by atoms with E-state index < -0.39 is 0 Å². The molecule has 1 atom stereocenters. The number of nitrogens with one attached hydrogen (secondary N) is 1. The van der Waals surface area contributed by atoms with Crippen LogP contribution in [0.3, 0.4) is 0 Å². The van der Waals surface area contributed by atoms with E-state index in [0.717, 1.165) is 31.4 Å². The first-order chi connectivity index (χ1) is 9.72. The van der Waals surface area contributed by atoms with Crippen molar-refractivity contribution in [3.8, 4) is 5.75 Å². The van der Waals surface area contributed by atoms with Gasteiger partial charge in [-0.3, -0.25) is 0 Å². The lowest BCUT2D eigenvalue weighted by atomic mass is 10.1. The molecule has 0 fully saturated rings. The summed E-state index contributed by atoms with van der Waals surface area (Å²) in [5, 5.41) is 13.0. The predicted octanol–water partition coefficient (Wildman–Crippen LogP) is 3.35. The van der Waals surface area contributed by atoms with Gasteiger partial charge >= 0.3 is 0 Å². The summed E-state index contributed by atoms with van der Waals surface area (Å²) >= 11 is 0. The van der Waals surface area contributed by atoms with Gasteiger partial charge in [-0.2, -0.15) is 0 Å². The lowest BCUT2D eigenvalue weighted by Crippen LogP contribution is -2.21. The summed E-state index contributed by atoms with van der Waals surface area (Å²) in [4.78, 5) is 0. The molecule has 1 aliphatic rings. The van der Waals surface area contributed by atoms with Crippen LogP contribution in [0.4, 0.5) is 4.39 Å². The van der Waals surface area contributed by atoms with Crippen LogP contribution in [0.5, 0.6) is 5.75 Å². The summed E-state index contributed by atoms with van der Waals surface area (Å²) in [5.74, 6) is 0.161. The fourth-order valence-electron chi connectivity index (χ4n) is 2.90. The molecule has 0 saturated heterocycles. The van der Waals surface area contributed by atoms with Crippen molar-refractivity contribution >= 4 is 0 Å². The Labute approximate surface area is 118 Å². The van der Waals surface area contributed by atoms with Gasteiger partial charge < -0.3 is 10.4 Å². The highest BCUT2D eigenvalue weighted by Gasteiger charge is 2.21. The third-order valence-corrected chi connectivity index (χ3v) is 3.90. The van der Waals surface area contributed by atoms with Gasteiger partial charge in [0.15, 0.2) is 0 Å². The second-order valence-corrected chi connectivity index (χ2v) is 5.31. The van der Waals surface area contributed by atoms with Gasteiger partial charge in [0, 0.05) is 6.04 Å². The molecule has 0 saturated carbocycles. The van der Waals surface area contributed by atoms with Crippen LogP contribution in [-0.2, 0) is 12.8 Å². The van der Waals surface area contributed by atoms with Gasteiger partial charge in [-0.1, -0.05) is 18.2 Å². The topological polar surface area (TPSA) is 32.3 Å². The number of phenols is 1. The number of benzene rings is 2. The monoisotopic (exact) mass is 271 g/mol. The molecule has 2 N–H and O–H groups in total. The minimum atomic E-state index is -0.177. The number of hydrogen-bond donors (Lipinski definition) is 2. The average Bonchev–Trinajstić information content (AvgIpc) is 2.81. The van der Waals surface area contributed by atoms with Crippen molar-refractivity contribution in [1.29, 1.82) is 0 Å². The number of hydrogen-bond acceptors (Lipinski definition) is 2. The third-order valence-electron chi connectivity index (χ3n) is 3.90. The van der Waals surface area contributed by atoms with E-state index >= 15 is 0 Å². The number of rotatable bonds is 4. The van der Waals surface area contributed by atoms with Crippen LogP contribution in [0.15, 0.2) is 42.5 Å². The van der Waals surface area contributed by atoms with E-state index in [1.165, 1.54) is 17.2 Å². The molecule has 0 aromatic heterocycles. The molecule has 2 aromatic rings. The number of aromatic hydroxyl groups is 1. The molecule has 0 aliphatic heterocycles. The fraction of sp³-hybridized carbons (Fsp3) is 0.294. The minimum absolute atomic E-state index is 0.177. The van der Waals surface area contributed by atoms with Gasteiger partial charge in [-0.15, -0.1) is 0 Å². The van der Waals surface area contributed by atoms with E-state index in [9.17, 15) is 9.50 Å². The van der Waals surface area contributed by atoms with Gasteiger partial charge in [0.1, 0.15) is 11.6 Å². The number of phenolic OH excluding ortho intramolecular Hbond substituents is 1. The molecule has 1 aliphatic carbocycles. The third kappa shape index (κ3) is 2.83. The first kappa shape index (κ1) is 13.1. The molecular formula is C17H18FNO. The Morgan fingerprint density at radius 3 is 2.95 bits per heavy atom. The van der Waals surface area contributed by atoms with Crippen LogP contribution in [-0.4, -0.2) is 11.7 Å². The van der Waals surface area contributed by atoms with Crippen molar-refractivity contribution in [2.45, 2.75) is 25.3 Å². The zero-order chi connectivity index (χ0) is 13.9. The molecule has 0 bridgehead atoms. The molecule has 3 rings (SSSR count). The largest absolute Gasteiger partial charge is 0.508 e. The van der Waals surface area contributed by atoms with Crippen LogP contribution >= 0.6 is 0 Å². The standard InChI is InChI=1S/C17H18FNO/c18-14-3-1-2-12(10-14)8-9-19-17-7-4-13-11-15(20)5-6-16(13)17/h1-3,5-6,10-11,17,19-20H,4,7-9H2. The highest BCUT2D eigenvalue weighted by atomic mass is 19.1. The Morgan fingerprint density at radius 2 is 2.10 bits per heavy atom. The molecule has 1 unspecified atom stereocenters. The van der Waals surface area contributed by atoms with Crippen molar-refractivity contribution < 1.29 is 9.50 Å². The predicted molar refractivity (Wildman–Crippen MR) is 77.3 cm³/mol. The van der Waals surface area contributed by atoms with Gasteiger partial charge in [-0.05, 0) is 66.8 Å². The van der Waals surface area contributed by atoms with Crippen LogP contribution < -0.4 is 5.32 Å². The lowest BCUT2D eigenvalue weighted by molar-refractivity contribution is 0.474. The molecular weight excluding hydrogens is 253 g/mol. The molecule has 2 aromatic carbocycles. The summed E-state index contributed by atoms with van der Waals surface area (Å²) in [6.07, 6.45) is 2.88. The quantitative estimate of drug-likeness (QED) is 0.893. The second kappa shape index (κ2) is 5.63. The van der Waals surface area contributed by atoms with E-state index in [-0.39, 0.29) is 5.82 Å². The lowest BCUT2D eigenvalue weighted by Gasteiger charge is -2.14. The van der Waals surface area contributed by atoms with Crippen molar-refractivity contribution in [2.24, 2.45) is 0 Å². The maximum absolute atomic E-state index is 13.1. The zero-order valence-electron chi connectivity index (χ0n) is 11.3. The molecule has 0 spiro atoms. The normalized spacial score (nSPS) is 17.1. The van der Waals surface area contributed by atoms with Crippen molar-refractivity contribution in [3.05, 3.63) is 65.0 Å². The Bertz CT molecular complexity index is 612. The Morgan fingerprint density at radius 1 is 1.20 bits per heavy atom. The van der Waals surface area contributed by atoms with Crippen molar-refractivity contribution in [3.63, 3.8) is 0 Å². The molecule has 2 nitrogen and oxygen atoms in total. The maximum atomic E-state index is 13.1. The Hall–Kier alpha value is -1.87. The first-order valence-electron chi connectivity index (χ1n) is 7.02. The number of halogens is 1. The van der Waals surface area contributed by atoms with Gasteiger partial charge in [0.25, 0.3) is 0 Å². The highest BCUT2D eigenvalue weighted by Crippen LogP contribution is 2.33. The van der Waals surface area contributed by atoms with Crippen molar-refractivity contribution in [2.75, 3.05) is 6.54 Å². The Balaban J connectivity index is 1.58. The molecule has 0 amide bonds. The van der Waals surface area contributed by atoms with Crippen LogP contribution in [0, 0.1) is 5.82 Å². The fourth-order valence-corrected chi connectivity index (χ4v) is 2.90. The summed E-state index contributed by atoms with van der Waals surface area (Å²) in [7, 11) is 0. The molecule has 0 heterocycles. The summed E-state index contributed by atoms with van der Waals surface area (Å²) in [5.41, 5.74) is 3.52. The summed E-state index contributed by atoms with van der Waals surface area (Å²) in [6, 6.07) is 12.7. The van der Waals surface area contributed by atoms with E-state index in [0.29, 0.717) is 11.8 Å². The second-order valence-electron chi connectivity index (χ2n) is 5.31. The van der Waals surface area contributed by atoms with E-state index in [2.05, 4.69) is 5.32 Å². The van der Waals surface area contributed by atoms with E-state index in [1.54, 1.807) is 18.2 Å². The molecule has 20 heavy (non-hydrogen) atoms. The van der Waals surface area contributed by atoms with Gasteiger partial charge in [-0.25, -0.2) is 4.39 Å². The molecule has 104 valence electrons. The van der Waals surface area contributed by atoms with Crippen molar-refractivity contribution in [1.82, 2.24) is 5.32 Å². The van der Waals surface area contributed by atoms with Crippen LogP contribution in [0.1, 0.15) is 29.2 Å². The van der Waals surface area contributed by atoms with Gasteiger partial charge in [0.05, 0.1) is 0 Å². The number of fused-ring (bicyclic) bond motifs is 1. The summed E-state index contributed by atoms with van der Waals surface area (Å²) in [6.45, 7) is 0.828. The Kier molecular flexibility index (Phi) is 3.70. The van der Waals surface area contributed by atoms with Crippen LogP contribution in [0.2, 0.25) is 0 Å². The molecule has 3 heteroatoms. The summed E-state index contributed by atoms with van der Waals surface area (Å²) < 4.78 is 13.1. The highest BCUT2D eigenvalue weighted by molar-refractivity contribution is 5.40. The van der Waals surface area contributed by atoms with E-state index in [4.69, 9.17) is 0 Å². The number of aryl methyl sites for hydroxylation is 1. The first-order valence-corrected chi connectivity index (χ1v) is 7.02.